The van der Waals surface area contributed by atoms with Crippen LogP contribution in [0.4, 0.5) is 5.69 Å². The summed E-state index contributed by atoms with van der Waals surface area (Å²) in [7, 11) is 1.95. The van der Waals surface area contributed by atoms with E-state index in [-0.39, 0.29) is 23.3 Å². The number of aryl methyl sites for hydroxylation is 1. The van der Waals surface area contributed by atoms with E-state index in [1.54, 1.807) is 4.90 Å². The van der Waals surface area contributed by atoms with E-state index in [4.69, 9.17) is 0 Å². The molecule has 1 atom stereocenters. The van der Waals surface area contributed by atoms with Crippen LogP contribution in [-0.2, 0) is 7.05 Å². The Labute approximate surface area is 121 Å². The van der Waals surface area contributed by atoms with Crippen LogP contribution in [0.5, 0.6) is 0 Å². The molecule has 0 spiro atoms. The van der Waals surface area contributed by atoms with Crippen molar-refractivity contribution in [2.75, 3.05) is 6.54 Å². The molecule has 3 heterocycles. The summed E-state index contributed by atoms with van der Waals surface area (Å²) in [5, 5.41) is 10.7. The van der Waals surface area contributed by atoms with Gasteiger partial charge in [0.1, 0.15) is 5.69 Å². The van der Waals surface area contributed by atoms with Gasteiger partial charge in [0.15, 0.2) is 0 Å². The summed E-state index contributed by atoms with van der Waals surface area (Å²) in [5.74, 6) is -0.188. The van der Waals surface area contributed by atoms with Gasteiger partial charge in [-0.05, 0) is 25.0 Å². The summed E-state index contributed by atoms with van der Waals surface area (Å²) in [5.41, 5.74) is 1.26. The quantitative estimate of drug-likeness (QED) is 0.694. The van der Waals surface area contributed by atoms with Gasteiger partial charge in [-0.1, -0.05) is 0 Å². The Morgan fingerprint density at radius 2 is 2.33 bits per heavy atom. The third-order valence-corrected chi connectivity index (χ3v) is 3.95. The number of rotatable bonds is 3. The van der Waals surface area contributed by atoms with Gasteiger partial charge < -0.3 is 14.5 Å². The lowest BCUT2D eigenvalue weighted by atomic mass is 10.1. The lowest BCUT2D eigenvalue weighted by molar-refractivity contribution is -0.384. The van der Waals surface area contributed by atoms with Gasteiger partial charge in [0.25, 0.3) is 11.6 Å². The fourth-order valence-electron chi connectivity index (χ4n) is 2.90. The first-order chi connectivity index (χ1) is 10.1. The zero-order valence-corrected chi connectivity index (χ0v) is 11.7. The number of aromatic nitrogens is 2. The van der Waals surface area contributed by atoms with Gasteiger partial charge in [0.05, 0.1) is 17.2 Å². The van der Waals surface area contributed by atoms with Crippen molar-refractivity contribution in [1.82, 2.24) is 14.5 Å². The van der Waals surface area contributed by atoms with Gasteiger partial charge in [-0.25, -0.2) is 0 Å². The number of H-pyrrole nitrogens is 1. The molecule has 1 saturated heterocycles. The number of nitro groups is 1. The molecule has 1 unspecified atom stereocenters. The average Bonchev–Trinajstić information content (AvgIpc) is 3.17. The number of carbonyl (C=O) groups excluding carboxylic acids is 1. The number of hydrogen-bond donors (Lipinski definition) is 1. The molecular weight excluding hydrogens is 272 g/mol. The van der Waals surface area contributed by atoms with Crippen molar-refractivity contribution in [2.24, 2.45) is 7.05 Å². The van der Waals surface area contributed by atoms with Crippen molar-refractivity contribution >= 4 is 11.6 Å². The molecule has 7 nitrogen and oxygen atoms in total. The highest BCUT2D eigenvalue weighted by molar-refractivity contribution is 5.93. The van der Waals surface area contributed by atoms with Crippen LogP contribution in [0, 0.1) is 10.1 Å². The molecule has 3 rings (SSSR count). The third kappa shape index (κ3) is 2.31. The molecule has 2 aromatic rings. The van der Waals surface area contributed by atoms with E-state index in [9.17, 15) is 14.9 Å². The first-order valence-electron chi connectivity index (χ1n) is 6.83. The van der Waals surface area contributed by atoms with Crippen molar-refractivity contribution in [3.8, 4) is 0 Å². The Morgan fingerprint density at radius 1 is 1.52 bits per heavy atom. The lowest BCUT2D eigenvalue weighted by Crippen LogP contribution is -2.31. The molecule has 110 valence electrons. The van der Waals surface area contributed by atoms with Crippen molar-refractivity contribution < 1.29 is 9.72 Å². The summed E-state index contributed by atoms with van der Waals surface area (Å²) < 4.78 is 2.01. The number of amides is 1. The third-order valence-electron chi connectivity index (χ3n) is 3.95. The van der Waals surface area contributed by atoms with Crippen LogP contribution in [0.3, 0.4) is 0 Å². The van der Waals surface area contributed by atoms with E-state index < -0.39 is 4.92 Å². The summed E-state index contributed by atoms with van der Waals surface area (Å²) in [6, 6.07) is 5.28. The average molecular weight is 288 g/mol. The Hall–Kier alpha value is -2.57. The first kappa shape index (κ1) is 13.4. The second-order valence-corrected chi connectivity index (χ2v) is 5.23. The van der Waals surface area contributed by atoms with E-state index in [0.29, 0.717) is 6.54 Å². The van der Waals surface area contributed by atoms with Crippen LogP contribution in [0.2, 0.25) is 0 Å². The van der Waals surface area contributed by atoms with Crippen LogP contribution in [0.15, 0.2) is 30.6 Å². The van der Waals surface area contributed by atoms with E-state index >= 15 is 0 Å². The molecule has 0 bridgehead atoms. The summed E-state index contributed by atoms with van der Waals surface area (Å²) in [6.45, 7) is 0.668. The molecule has 0 aromatic carbocycles. The summed E-state index contributed by atoms with van der Waals surface area (Å²) >= 11 is 0. The number of likely N-dealkylation sites (tertiary alicyclic amines) is 1. The van der Waals surface area contributed by atoms with E-state index in [2.05, 4.69) is 4.98 Å². The predicted molar refractivity (Wildman–Crippen MR) is 75.9 cm³/mol. The minimum absolute atomic E-state index is 0.0276. The maximum absolute atomic E-state index is 12.6. The molecule has 1 aliphatic heterocycles. The highest BCUT2D eigenvalue weighted by atomic mass is 16.6. The second-order valence-electron chi connectivity index (χ2n) is 5.23. The Morgan fingerprint density at radius 3 is 2.95 bits per heavy atom. The van der Waals surface area contributed by atoms with E-state index in [1.807, 2.05) is 29.9 Å². The van der Waals surface area contributed by atoms with Gasteiger partial charge in [-0.3, -0.25) is 14.9 Å². The molecule has 0 saturated carbocycles. The van der Waals surface area contributed by atoms with Crippen LogP contribution in [0.1, 0.15) is 35.1 Å². The predicted octanol–water partition coefficient (Wildman–Crippen LogP) is 2.24. The molecule has 2 aromatic heterocycles. The van der Waals surface area contributed by atoms with Crippen molar-refractivity contribution in [3.05, 3.63) is 52.1 Å². The van der Waals surface area contributed by atoms with Crippen molar-refractivity contribution in [2.45, 2.75) is 18.9 Å². The Bertz CT molecular complexity index is 688. The molecular formula is C14H16N4O3. The number of nitrogens with zero attached hydrogens (tertiary/aromatic N) is 3. The number of hydrogen-bond acceptors (Lipinski definition) is 3. The van der Waals surface area contributed by atoms with Gasteiger partial charge in [-0.15, -0.1) is 0 Å². The van der Waals surface area contributed by atoms with E-state index in [0.717, 1.165) is 18.5 Å². The number of nitrogens with one attached hydrogen (secondary N) is 1. The fourth-order valence-corrected chi connectivity index (χ4v) is 2.90. The van der Waals surface area contributed by atoms with Crippen molar-refractivity contribution in [3.63, 3.8) is 0 Å². The smallest absolute Gasteiger partial charge is 0.287 e. The minimum atomic E-state index is -0.508. The maximum atomic E-state index is 12.6. The summed E-state index contributed by atoms with van der Waals surface area (Å²) in [6.07, 6.45) is 5.05. The van der Waals surface area contributed by atoms with Crippen LogP contribution < -0.4 is 0 Å². The van der Waals surface area contributed by atoms with Gasteiger partial charge in [0.2, 0.25) is 0 Å². The molecule has 7 heteroatoms. The lowest BCUT2D eigenvalue weighted by Gasteiger charge is -2.24. The minimum Gasteiger partial charge on any atom is -0.353 e. The van der Waals surface area contributed by atoms with Crippen LogP contribution in [0.25, 0.3) is 0 Å². The molecule has 1 fully saturated rings. The zero-order valence-electron chi connectivity index (χ0n) is 11.7. The fraction of sp³-hybridized carbons (Fsp3) is 0.357. The van der Waals surface area contributed by atoms with Crippen LogP contribution in [-0.4, -0.2) is 31.8 Å². The molecule has 1 amide bonds. The van der Waals surface area contributed by atoms with Crippen LogP contribution >= 0.6 is 0 Å². The highest BCUT2D eigenvalue weighted by Gasteiger charge is 2.32. The Balaban J connectivity index is 1.86. The number of aromatic amines is 1. The van der Waals surface area contributed by atoms with E-state index in [1.165, 1.54) is 12.3 Å². The molecule has 0 aliphatic carbocycles. The van der Waals surface area contributed by atoms with Gasteiger partial charge >= 0.3 is 0 Å². The normalized spacial score (nSPS) is 18.1. The molecule has 0 radical (unpaired) electrons. The second kappa shape index (κ2) is 5.08. The zero-order chi connectivity index (χ0) is 15.0. The summed E-state index contributed by atoms with van der Waals surface area (Å²) in [4.78, 5) is 27.3. The maximum Gasteiger partial charge on any atom is 0.287 e. The monoisotopic (exact) mass is 288 g/mol. The van der Waals surface area contributed by atoms with Gasteiger partial charge in [0, 0.05) is 31.5 Å². The molecule has 21 heavy (non-hydrogen) atoms. The van der Waals surface area contributed by atoms with Crippen molar-refractivity contribution in [1.29, 1.82) is 0 Å². The topological polar surface area (TPSA) is 84.2 Å². The standard InChI is InChI=1S/C14H16N4O3/c1-16-6-2-4-12(16)13-5-3-7-17(13)14(19)11-8-10(9-15-11)18(20)21/h2,4,6,8-9,13,15H,3,5,7H2,1H3. The Kier molecular flexibility index (Phi) is 3.25. The number of carbonyl (C=O) groups is 1. The first-order valence-corrected chi connectivity index (χ1v) is 6.83. The largest absolute Gasteiger partial charge is 0.353 e. The molecule has 1 aliphatic rings. The SMILES string of the molecule is Cn1cccc1C1CCCN1C(=O)c1cc([N+](=O)[O-])c[nH]1. The molecule has 1 N–H and O–H groups in total. The highest BCUT2D eigenvalue weighted by Crippen LogP contribution is 2.33. The van der Waals surface area contributed by atoms with Gasteiger partial charge in [-0.2, -0.15) is 0 Å².